The third kappa shape index (κ3) is 4.52. The van der Waals surface area contributed by atoms with Gasteiger partial charge in [0.25, 0.3) is 0 Å². The van der Waals surface area contributed by atoms with E-state index in [2.05, 4.69) is 104 Å². The Kier molecular flexibility index (Phi) is 7.00. The topological polar surface area (TPSA) is 18.5 Å². The van der Waals surface area contributed by atoms with Crippen molar-refractivity contribution in [3.63, 3.8) is 0 Å². The minimum absolute atomic E-state index is 0.0297. The van der Waals surface area contributed by atoms with E-state index in [0.717, 1.165) is 12.8 Å². The second-order valence-corrected chi connectivity index (χ2v) is 19.5. The van der Waals surface area contributed by atoms with Gasteiger partial charge in [0.2, 0.25) is 0 Å². The Balaban J connectivity index is 2.05. The third-order valence-electron chi connectivity index (χ3n) is 6.06. The summed E-state index contributed by atoms with van der Waals surface area (Å²) in [7, 11) is 0. The SMILES string of the molecule is CCC/C=[C](\[C@H]1COC(C)(C)O1)[Sn]([c]1ccccc1)([c]1ccccc1)[c]1ccccc1. The molecule has 3 heteroatoms. The van der Waals surface area contributed by atoms with Gasteiger partial charge in [0.05, 0.1) is 0 Å². The fourth-order valence-corrected chi connectivity index (χ4v) is 19.4. The summed E-state index contributed by atoms with van der Waals surface area (Å²) in [4.78, 5) is 0. The molecule has 1 saturated heterocycles. The molecule has 0 amide bonds. The van der Waals surface area contributed by atoms with Gasteiger partial charge >= 0.3 is 191 Å². The summed E-state index contributed by atoms with van der Waals surface area (Å²) in [6.45, 7) is 6.90. The molecule has 1 heterocycles. The molecule has 3 aromatic carbocycles. The average Bonchev–Trinajstić information content (AvgIpc) is 3.18. The molecule has 3 aromatic rings. The quantitative estimate of drug-likeness (QED) is 0.426. The van der Waals surface area contributed by atoms with Gasteiger partial charge in [-0.2, -0.15) is 0 Å². The van der Waals surface area contributed by atoms with Crippen molar-refractivity contribution in [1.29, 1.82) is 0 Å². The van der Waals surface area contributed by atoms with Crippen LogP contribution < -0.4 is 10.7 Å². The summed E-state index contributed by atoms with van der Waals surface area (Å²) in [6, 6.07) is 33.4. The Labute approximate surface area is 190 Å². The molecule has 0 saturated carbocycles. The monoisotopic (exact) mass is 520 g/mol. The van der Waals surface area contributed by atoms with Gasteiger partial charge in [-0.25, -0.2) is 0 Å². The first-order valence-corrected chi connectivity index (χ1v) is 17.0. The molecule has 1 atom stereocenters. The summed E-state index contributed by atoms with van der Waals surface area (Å²) >= 11 is -3.64. The first-order chi connectivity index (χ1) is 15.1. The Morgan fingerprint density at radius 3 is 1.65 bits per heavy atom. The van der Waals surface area contributed by atoms with E-state index in [0.29, 0.717) is 6.61 Å². The summed E-state index contributed by atoms with van der Waals surface area (Å²) in [5, 5.41) is 0. The molecule has 0 spiro atoms. The van der Waals surface area contributed by atoms with Gasteiger partial charge in [0.1, 0.15) is 0 Å². The Morgan fingerprint density at radius 1 is 0.839 bits per heavy atom. The summed E-state index contributed by atoms with van der Waals surface area (Å²) < 4.78 is 18.4. The predicted octanol–water partition coefficient (Wildman–Crippen LogP) is 4.57. The van der Waals surface area contributed by atoms with Gasteiger partial charge in [0.15, 0.2) is 0 Å². The summed E-state index contributed by atoms with van der Waals surface area (Å²) in [5.41, 5.74) is 0. The van der Waals surface area contributed by atoms with Crippen LogP contribution in [0, 0.1) is 0 Å². The molecule has 0 aromatic heterocycles. The van der Waals surface area contributed by atoms with Crippen molar-refractivity contribution in [2.45, 2.75) is 45.5 Å². The van der Waals surface area contributed by atoms with Crippen LogP contribution in [0.3, 0.4) is 0 Å². The van der Waals surface area contributed by atoms with Gasteiger partial charge in [-0.1, -0.05) is 0 Å². The molecule has 1 fully saturated rings. The van der Waals surface area contributed by atoms with E-state index in [1.165, 1.54) is 14.3 Å². The minimum atomic E-state index is -3.64. The van der Waals surface area contributed by atoms with E-state index >= 15 is 0 Å². The molecular formula is C28H32O2Sn. The van der Waals surface area contributed by atoms with E-state index in [1.54, 1.807) is 0 Å². The molecule has 31 heavy (non-hydrogen) atoms. The first-order valence-electron chi connectivity index (χ1n) is 11.3. The van der Waals surface area contributed by atoms with E-state index in [4.69, 9.17) is 9.47 Å². The zero-order valence-corrected chi connectivity index (χ0v) is 21.6. The fraction of sp³-hybridized carbons (Fsp3) is 0.286. The van der Waals surface area contributed by atoms with Crippen LogP contribution in [-0.4, -0.2) is 36.9 Å². The predicted molar refractivity (Wildman–Crippen MR) is 132 cm³/mol. The number of rotatable bonds is 7. The summed E-state index contributed by atoms with van der Waals surface area (Å²) in [6.07, 6.45) is 4.61. The number of hydrogen-bond donors (Lipinski definition) is 0. The van der Waals surface area contributed by atoms with Crippen LogP contribution in [0.4, 0.5) is 0 Å². The van der Waals surface area contributed by atoms with Crippen molar-refractivity contribution in [3.05, 3.63) is 101 Å². The maximum absolute atomic E-state index is 6.54. The number of ether oxygens (including phenoxy) is 2. The molecule has 4 rings (SSSR count). The number of allylic oxidation sites excluding steroid dienone is 1. The Morgan fingerprint density at radius 2 is 1.29 bits per heavy atom. The van der Waals surface area contributed by atoms with Gasteiger partial charge in [-0.3, -0.25) is 0 Å². The van der Waals surface area contributed by atoms with Crippen LogP contribution >= 0.6 is 0 Å². The van der Waals surface area contributed by atoms with Gasteiger partial charge in [-0.15, -0.1) is 0 Å². The van der Waals surface area contributed by atoms with Crippen LogP contribution in [0.25, 0.3) is 0 Å². The zero-order chi connectivity index (χ0) is 21.7. The first kappa shape index (κ1) is 22.3. The molecule has 1 aliphatic heterocycles. The second-order valence-electron chi connectivity index (χ2n) is 8.61. The van der Waals surface area contributed by atoms with Crippen molar-refractivity contribution in [3.8, 4) is 0 Å². The molecule has 0 bridgehead atoms. The normalized spacial score (nSPS) is 18.8. The van der Waals surface area contributed by atoms with Crippen molar-refractivity contribution in [1.82, 2.24) is 0 Å². The van der Waals surface area contributed by atoms with Gasteiger partial charge < -0.3 is 0 Å². The van der Waals surface area contributed by atoms with Crippen molar-refractivity contribution < 1.29 is 9.47 Å². The molecule has 0 aliphatic carbocycles. The molecule has 0 N–H and O–H groups in total. The number of unbranched alkanes of at least 4 members (excludes halogenated alkanes) is 1. The molecule has 0 radical (unpaired) electrons. The van der Waals surface area contributed by atoms with Crippen LogP contribution in [0.1, 0.15) is 33.6 Å². The van der Waals surface area contributed by atoms with E-state index in [1.807, 2.05) is 13.8 Å². The molecule has 1 aliphatic rings. The maximum atomic E-state index is 6.54. The zero-order valence-electron chi connectivity index (χ0n) is 18.8. The third-order valence-corrected chi connectivity index (χ3v) is 20.3. The van der Waals surface area contributed by atoms with Gasteiger partial charge in [-0.05, 0) is 0 Å². The molecule has 0 unspecified atom stereocenters. The van der Waals surface area contributed by atoms with E-state index in [9.17, 15) is 0 Å². The summed E-state index contributed by atoms with van der Waals surface area (Å²) in [5.74, 6) is -0.558. The Hall–Kier alpha value is -1.88. The van der Waals surface area contributed by atoms with Crippen molar-refractivity contribution >= 4 is 29.1 Å². The average molecular weight is 519 g/mol. The van der Waals surface area contributed by atoms with Crippen molar-refractivity contribution in [2.75, 3.05) is 6.61 Å². The van der Waals surface area contributed by atoms with Gasteiger partial charge in [0, 0.05) is 0 Å². The Bertz CT molecular complexity index is 900. The fourth-order valence-electron chi connectivity index (χ4n) is 4.73. The standard InChI is InChI=1S/C10H17O2.3C6H5.Sn/c1-4-5-6-7-9-8-11-10(2,3)12-9;3*1-2-4-6-5-3-1;/h6,9H,4-5,8H2,1-3H3;3*1-5H;/t9-;;;;/m0..../s1. The van der Waals surface area contributed by atoms with E-state index in [-0.39, 0.29) is 6.10 Å². The van der Waals surface area contributed by atoms with Crippen LogP contribution in [0.15, 0.2) is 101 Å². The number of hydrogen-bond acceptors (Lipinski definition) is 2. The second kappa shape index (κ2) is 9.72. The molecule has 2 nitrogen and oxygen atoms in total. The molecule has 160 valence electrons. The van der Waals surface area contributed by atoms with Crippen LogP contribution in [0.2, 0.25) is 0 Å². The van der Waals surface area contributed by atoms with Crippen molar-refractivity contribution in [2.24, 2.45) is 0 Å². The number of benzene rings is 3. The molecular weight excluding hydrogens is 487 g/mol. The van der Waals surface area contributed by atoms with Crippen LogP contribution in [0.5, 0.6) is 0 Å². The van der Waals surface area contributed by atoms with E-state index < -0.39 is 24.2 Å². The van der Waals surface area contributed by atoms with Crippen LogP contribution in [-0.2, 0) is 9.47 Å².